The second kappa shape index (κ2) is 16.5. The van der Waals surface area contributed by atoms with E-state index >= 15 is 0 Å². The molecule has 0 saturated heterocycles. The Morgan fingerprint density at radius 2 is 1.46 bits per heavy atom. The molecule has 0 fully saturated rings. The largest absolute Gasteiger partial charge is 0.490 e. The van der Waals surface area contributed by atoms with Gasteiger partial charge >= 0.3 is 24.3 Å². The van der Waals surface area contributed by atoms with Crippen molar-refractivity contribution < 1.29 is 55.7 Å². The number of halogens is 6. The molecule has 17 heteroatoms. The third-order valence-electron chi connectivity index (χ3n) is 6.62. The number of nitrogens with two attached hydrogens (primary N) is 2. The van der Waals surface area contributed by atoms with E-state index in [1.165, 1.54) is 21.9 Å². The Balaban J connectivity index is 0.000000942. The second-order valence-electron chi connectivity index (χ2n) is 10.2. The van der Waals surface area contributed by atoms with Gasteiger partial charge in [0.2, 0.25) is 5.91 Å². The van der Waals surface area contributed by atoms with Crippen LogP contribution >= 0.6 is 0 Å². The number of alkyl halides is 6. The molecule has 2 aromatic carbocycles. The number of carboxylic acid groups (broad SMARTS) is 2. The van der Waals surface area contributed by atoms with Crippen molar-refractivity contribution in [1.29, 1.82) is 0 Å². The highest BCUT2D eigenvalue weighted by molar-refractivity contribution is 6.09. The Hall–Kier alpha value is -4.83. The number of nitrogens with zero attached hydrogens (tertiary/aromatic N) is 3. The summed E-state index contributed by atoms with van der Waals surface area (Å²) in [6, 6.07) is 9.70. The minimum atomic E-state index is -5.08. The summed E-state index contributed by atoms with van der Waals surface area (Å²) in [5.74, 6) is -4.72. The number of aryl methyl sites for hydroxylation is 1. The smallest absolute Gasteiger partial charge is 0.481 e. The minimum Gasteiger partial charge on any atom is -0.481 e. The molecular formula is C29H33F6N5O6. The lowest BCUT2D eigenvalue weighted by Crippen LogP contribution is -2.40. The standard InChI is InChI=1S/C27H32F3N5O4.C2HF3O2/c28-27(29,30)20-9-6-19(7-10-20)16-35-22-11-8-18(5-3-1-2-4-13-33-26(31)32)15-21(22)25(39)34(17-23(35)36)14-12-24(37)38;3-2(4,5)1(6)7/h6-11,15H,1-5,12-14,16-17H2,(H,37,38)(H4,31,32,33);(H,6,7). The molecule has 11 nitrogen and oxygen atoms in total. The molecule has 0 spiro atoms. The molecule has 6 N–H and O–H groups in total. The average Bonchev–Trinajstić information content (AvgIpc) is 3.05. The maximum absolute atomic E-state index is 13.4. The van der Waals surface area contributed by atoms with Gasteiger partial charge in [-0.3, -0.25) is 19.4 Å². The minimum absolute atomic E-state index is 0.0425. The van der Waals surface area contributed by atoms with E-state index in [9.17, 15) is 40.7 Å². The first-order valence-corrected chi connectivity index (χ1v) is 13.9. The topological polar surface area (TPSA) is 180 Å². The molecule has 1 aliphatic rings. The van der Waals surface area contributed by atoms with Crippen LogP contribution < -0.4 is 16.4 Å². The van der Waals surface area contributed by atoms with Crippen molar-refractivity contribution in [2.24, 2.45) is 16.5 Å². The van der Waals surface area contributed by atoms with E-state index in [0.29, 0.717) is 24.2 Å². The second-order valence-corrected chi connectivity index (χ2v) is 10.2. The molecule has 0 aromatic heterocycles. The van der Waals surface area contributed by atoms with Gasteiger partial charge in [-0.15, -0.1) is 0 Å². The number of hydrogen-bond acceptors (Lipinski definition) is 5. The Morgan fingerprint density at radius 1 is 0.870 bits per heavy atom. The van der Waals surface area contributed by atoms with Crippen molar-refractivity contribution in [3.63, 3.8) is 0 Å². The van der Waals surface area contributed by atoms with Crippen molar-refractivity contribution in [3.05, 3.63) is 64.7 Å². The Kier molecular flexibility index (Phi) is 13.4. The number of aliphatic imine (C=N–C) groups is 1. The zero-order valence-electron chi connectivity index (χ0n) is 24.4. The fourth-order valence-corrected chi connectivity index (χ4v) is 4.34. The van der Waals surface area contributed by atoms with Crippen LogP contribution in [-0.4, -0.2) is 70.6 Å². The SMILES string of the molecule is NC(N)=NCCCCCCc1ccc2c(c1)C(=O)N(CCC(=O)O)CC(=O)N2Cc1ccc(C(F)(F)F)cc1.O=C(O)C(F)(F)F. The molecule has 0 unspecified atom stereocenters. The van der Waals surface area contributed by atoms with Crippen molar-refractivity contribution in [2.45, 2.75) is 57.4 Å². The summed E-state index contributed by atoms with van der Waals surface area (Å²) in [5.41, 5.74) is 11.8. The normalized spacial score (nSPS) is 13.3. The van der Waals surface area contributed by atoms with E-state index in [1.54, 1.807) is 12.1 Å². The summed E-state index contributed by atoms with van der Waals surface area (Å²) >= 11 is 0. The zero-order chi connectivity index (χ0) is 34.7. The number of fused-ring (bicyclic) bond motifs is 1. The van der Waals surface area contributed by atoms with Gasteiger partial charge in [-0.05, 0) is 54.7 Å². The number of carbonyl (C=O) groups excluding carboxylic acids is 2. The lowest BCUT2D eigenvalue weighted by Gasteiger charge is -2.23. The van der Waals surface area contributed by atoms with Crippen LogP contribution in [0, 0.1) is 0 Å². The summed E-state index contributed by atoms with van der Waals surface area (Å²) in [6.07, 6.45) is -5.65. The molecule has 0 bridgehead atoms. The molecule has 0 aliphatic carbocycles. The van der Waals surface area contributed by atoms with Gasteiger partial charge in [-0.2, -0.15) is 26.3 Å². The molecule has 3 rings (SSSR count). The van der Waals surface area contributed by atoms with E-state index in [1.807, 2.05) is 6.07 Å². The Bertz CT molecular complexity index is 1410. The molecule has 46 heavy (non-hydrogen) atoms. The lowest BCUT2D eigenvalue weighted by atomic mass is 10.0. The van der Waals surface area contributed by atoms with Gasteiger partial charge in [0.1, 0.15) is 6.54 Å². The fraction of sp³-hybridized carbons (Fsp3) is 0.414. The maximum atomic E-state index is 13.4. The quantitative estimate of drug-likeness (QED) is 0.113. The summed E-state index contributed by atoms with van der Waals surface area (Å²) in [5, 5.41) is 16.2. The summed E-state index contributed by atoms with van der Waals surface area (Å²) in [6.45, 7) is 0.0316. The molecule has 2 aromatic rings. The van der Waals surface area contributed by atoms with Gasteiger partial charge in [0.15, 0.2) is 5.96 Å². The zero-order valence-corrected chi connectivity index (χ0v) is 24.4. The van der Waals surface area contributed by atoms with Crippen LogP contribution in [0.1, 0.15) is 59.2 Å². The number of carbonyl (C=O) groups is 4. The van der Waals surface area contributed by atoms with Gasteiger partial charge in [0, 0.05) is 13.1 Å². The number of hydrogen-bond donors (Lipinski definition) is 4. The monoisotopic (exact) mass is 661 g/mol. The third kappa shape index (κ3) is 11.9. The molecule has 1 heterocycles. The highest BCUT2D eigenvalue weighted by atomic mass is 19.4. The van der Waals surface area contributed by atoms with Crippen molar-refractivity contribution in [3.8, 4) is 0 Å². The number of anilines is 1. The fourth-order valence-electron chi connectivity index (χ4n) is 4.34. The Labute approximate surface area is 259 Å². The van der Waals surface area contributed by atoms with Crippen molar-refractivity contribution in [1.82, 2.24) is 4.90 Å². The molecule has 0 atom stereocenters. The average molecular weight is 662 g/mol. The van der Waals surface area contributed by atoms with Gasteiger partial charge in [-0.1, -0.05) is 31.0 Å². The van der Waals surface area contributed by atoms with Crippen LogP contribution in [0.2, 0.25) is 0 Å². The maximum Gasteiger partial charge on any atom is 0.490 e. The van der Waals surface area contributed by atoms with E-state index in [-0.39, 0.29) is 37.6 Å². The first-order chi connectivity index (χ1) is 21.4. The van der Waals surface area contributed by atoms with Crippen LogP contribution in [0.5, 0.6) is 0 Å². The number of guanidine groups is 1. The van der Waals surface area contributed by atoms with E-state index in [0.717, 1.165) is 43.4 Å². The predicted molar refractivity (Wildman–Crippen MR) is 154 cm³/mol. The summed E-state index contributed by atoms with van der Waals surface area (Å²) in [7, 11) is 0. The van der Waals surface area contributed by atoms with E-state index in [4.69, 9.17) is 26.5 Å². The van der Waals surface area contributed by atoms with E-state index < -0.39 is 41.7 Å². The van der Waals surface area contributed by atoms with Gasteiger partial charge in [-0.25, -0.2) is 4.79 Å². The number of rotatable bonds is 12. The van der Waals surface area contributed by atoms with Crippen molar-refractivity contribution in [2.75, 3.05) is 24.5 Å². The van der Waals surface area contributed by atoms with Crippen molar-refractivity contribution >= 4 is 35.4 Å². The summed E-state index contributed by atoms with van der Waals surface area (Å²) in [4.78, 5) is 53.2. The molecule has 1 aliphatic heterocycles. The molecule has 0 saturated carbocycles. The number of carboxylic acids is 2. The van der Waals surface area contributed by atoms with Crippen LogP contribution in [-0.2, 0) is 33.5 Å². The first-order valence-electron chi connectivity index (χ1n) is 13.9. The number of benzene rings is 2. The lowest BCUT2D eigenvalue weighted by molar-refractivity contribution is -0.192. The third-order valence-corrected chi connectivity index (χ3v) is 6.62. The van der Waals surface area contributed by atoms with Crippen LogP contribution in [0.4, 0.5) is 32.0 Å². The van der Waals surface area contributed by atoms with Crippen LogP contribution in [0.15, 0.2) is 47.5 Å². The highest BCUT2D eigenvalue weighted by Crippen LogP contribution is 2.32. The van der Waals surface area contributed by atoms with Crippen LogP contribution in [0.3, 0.4) is 0 Å². The van der Waals surface area contributed by atoms with Crippen LogP contribution in [0.25, 0.3) is 0 Å². The molecule has 0 radical (unpaired) electrons. The van der Waals surface area contributed by atoms with Gasteiger partial charge in [0.05, 0.1) is 29.8 Å². The molecule has 252 valence electrons. The van der Waals surface area contributed by atoms with Gasteiger partial charge < -0.3 is 31.5 Å². The molecule has 2 amide bonds. The predicted octanol–water partition coefficient (Wildman–Crippen LogP) is 4.18. The van der Waals surface area contributed by atoms with Gasteiger partial charge in [0.25, 0.3) is 5.91 Å². The number of aliphatic carboxylic acids is 2. The summed E-state index contributed by atoms with van der Waals surface area (Å²) < 4.78 is 70.7. The number of amides is 2. The Morgan fingerprint density at radius 3 is 2.00 bits per heavy atom. The molecular weight excluding hydrogens is 628 g/mol. The number of unbranched alkanes of at least 4 members (excludes halogenated alkanes) is 3. The highest BCUT2D eigenvalue weighted by Gasteiger charge is 2.38. The van der Waals surface area contributed by atoms with E-state index in [2.05, 4.69) is 4.99 Å². The first kappa shape index (κ1) is 37.4.